The summed E-state index contributed by atoms with van der Waals surface area (Å²) >= 11 is 0. The molecule has 29 heavy (non-hydrogen) atoms. The summed E-state index contributed by atoms with van der Waals surface area (Å²) < 4.78 is 0. The summed E-state index contributed by atoms with van der Waals surface area (Å²) in [6.45, 7) is 4.38. The van der Waals surface area contributed by atoms with Gasteiger partial charge in [-0.05, 0) is 48.9 Å². The lowest BCUT2D eigenvalue weighted by Gasteiger charge is -2.16. The molecule has 0 aromatic heterocycles. The summed E-state index contributed by atoms with van der Waals surface area (Å²) in [6, 6.07) is 11.5. The van der Waals surface area contributed by atoms with Crippen molar-refractivity contribution in [3.63, 3.8) is 0 Å². The second-order valence-electron chi connectivity index (χ2n) is 6.92. The fraction of sp³-hybridized carbons (Fsp3) is 0.182. The molecule has 0 unspecified atom stereocenters. The lowest BCUT2D eigenvalue weighted by Crippen LogP contribution is -2.29. The van der Waals surface area contributed by atoms with Gasteiger partial charge in [-0.3, -0.25) is 24.1 Å². The maximum absolute atomic E-state index is 12.6. The van der Waals surface area contributed by atoms with E-state index in [1.54, 1.807) is 29.2 Å². The standard InChI is InChI=1S/C22H19N3O4/c1-2-11-25-21(28)17-10-5-14(13-18(17)22(25)29)20(27)23-15-6-8-16(9-7-15)24-12-3-4-19(24)26/h2,5-10,13H,1,3-4,11-12H2,(H,23,27). The van der Waals surface area contributed by atoms with Crippen LogP contribution in [0.3, 0.4) is 0 Å². The van der Waals surface area contributed by atoms with Crippen molar-refractivity contribution in [3.05, 3.63) is 71.8 Å². The molecule has 1 fully saturated rings. The van der Waals surface area contributed by atoms with E-state index in [9.17, 15) is 19.2 Å². The Labute approximate surface area is 167 Å². The summed E-state index contributed by atoms with van der Waals surface area (Å²) in [4.78, 5) is 51.9. The fourth-order valence-corrected chi connectivity index (χ4v) is 3.58. The van der Waals surface area contributed by atoms with Gasteiger partial charge in [0.1, 0.15) is 0 Å². The molecule has 4 amide bonds. The topological polar surface area (TPSA) is 86.8 Å². The van der Waals surface area contributed by atoms with E-state index in [1.807, 2.05) is 0 Å². The van der Waals surface area contributed by atoms with Crippen LogP contribution in [0.1, 0.15) is 43.9 Å². The van der Waals surface area contributed by atoms with Gasteiger partial charge in [0, 0.05) is 36.4 Å². The van der Waals surface area contributed by atoms with Crippen LogP contribution < -0.4 is 10.2 Å². The Hall–Kier alpha value is -3.74. The first-order chi connectivity index (χ1) is 14.0. The number of hydrogen-bond acceptors (Lipinski definition) is 4. The average Bonchev–Trinajstić information content (AvgIpc) is 3.25. The zero-order valence-electron chi connectivity index (χ0n) is 15.7. The molecular weight excluding hydrogens is 370 g/mol. The van der Waals surface area contributed by atoms with Gasteiger partial charge in [0.2, 0.25) is 5.91 Å². The number of nitrogens with one attached hydrogen (secondary N) is 1. The van der Waals surface area contributed by atoms with Crippen molar-refractivity contribution in [2.24, 2.45) is 0 Å². The normalized spacial score (nSPS) is 15.7. The SMILES string of the molecule is C=CCN1C(=O)c2ccc(C(=O)Nc3ccc(N4CCCC4=O)cc3)cc2C1=O. The van der Waals surface area contributed by atoms with Crippen LogP contribution in [-0.2, 0) is 4.79 Å². The van der Waals surface area contributed by atoms with Gasteiger partial charge in [-0.25, -0.2) is 0 Å². The summed E-state index contributed by atoms with van der Waals surface area (Å²) in [6.07, 6.45) is 2.89. The number of fused-ring (bicyclic) bond motifs is 1. The van der Waals surface area contributed by atoms with E-state index in [4.69, 9.17) is 0 Å². The van der Waals surface area contributed by atoms with Gasteiger partial charge >= 0.3 is 0 Å². The van der Waals surface area contributed by atoms with Crippen LogP contribution in [0.2, 0.25) is 0 Å². The first kappa shape index (κ1) is 18.6. The van der Waals surface area contributed by atoms with Crippen molar-refractivity contribution in [1.29, 1.82) is 0 Å². The number of benzene rings is 2. The van der Waals surface area contributed by atoms with E-state index in [0.717, 1.165) is 17.0 Å². The summed E-state index contributed by atoms with van der Waals surface area (Å²) in [5, 5.41) is 2.77. The molecule has 146 valence electrons. The molecular formula is C22H19N3O4. The van der Waals surface area contributed by atoms with Gasteiger partial charge in [0.05, 0.1) is 11.1 Å². The molecule has 1 saturated heterocycles. The van der Waals surface area contributed by atoms with Crippen molar-refractivity contribution < 1.29 is 19.2 Å². The molecule has 7 nitrogen and oxygen atoms in total. The van der Waals surface area contributed by atoms with E-state index >= 15 is 0 Å². The van der Waals surface area contributed by atoms with Crippen LogP contribution in [0.4, 0.5) is 11.4 Å². The third kappa shape index (κ3) is 3.31. The minimum atomic E-state index is -0.431. The zero-order valence-corrected chi connectivity index (χ0v) is 15.7. The molecule has 0 aliphatic carbocycles. The Morgan fingerprint density at radius 2 is 1.76 bits per heavy atom. The molecule has 0 radical (unpaired) electrons. The molecule has 2 aliphatic rings. The molecule has 2 aromatic rings. The Kier molecular flexibility index (Phi) is 4.72. The number of imide groups is 1. The Morgan fingerprint density at radius 3 is 2.41 bits per heavy atom. The fourth-order valence-electron chi connectivity index (χ4n) is 3.58. The van der Waals surface area contributed by atoms with Crippen LogP contribution in [0.5, 0.6) is 0 Å². The molecule has 4 rings (SSSR count). The number of hydrogen-bond donors (Lipinski definition) is 1. The second-order valence-corrected chi connectivity index (χ2v) is 6.92. The van der Waals surface area contributed by atoms with Gasteiger partial charge in [0.25, 0.3) is 17.7 Å². The molecule has 0 bridgehead atoms. The quantitative estimate of drug-likeness (QED) is 0.629. The molecule has 2 heterocycles. The number of carbonyl (C=O) groups excluding carboxylic acids is 4. The first-order valence-electron chi connectivity index (χ1n) is 9.32. The van der Waals surface area contributed by atoms with E-state index in [1.165, 1.54) is 24.3 Å². The van der Waals surface area contributed by atoms with E-state index in [-0.39, 0.29) is 41.0 Å². The summed E-state index contributed by atoms with van der Waals surface area (Å²) in [5.41, 5.74) is 2.15. The maximum atomic E-state index is 12.6. The van der Waals surface area contributed by atoms with Crippen molar-refractivity contribution in [2.45, 2.75) is 12.8 Å². The number of rotatable bonds is 5. The van der Waals surface area contributed by atoms with Crippen molar-refractivity contribution >= 4 is 35.0 Å². The molecule has 0 atom stereocenters. The highest BCUT2D eigenvalue weighted by molar-refractivity contribution is 6.22. The smallest absolute Gasteiger partial charge is 0.261 e. The van der Waals surface area contributed by atoms with Crippen molar-refractivity contribution in [2.75, 3.05) is 23.3 Å². The molecule has 0 saturated carbocycles. The molecule has 2 aromatic carbocycles. The van der Waals surface area contributed by atoms with E-state index in [0.29, 0.717) is 18.7 Å². The van der Waals surface area contributed by atoms with Gasteiger partial charge in [-0.15, -0.1) is 6.58 Å². The minimum Gasteiger partial charge on any atom is -0.322 e. The highest BCUT2D eigenvalue weighted by Gasteiger charge is 2.35. The molecule has 7 heteroatoms. The van der Waals surface area contributed by atoms with Gasteiger partial charge in [-0.2, -0.15) is 0 Å². The van der Waals surface area contributed by atoms with Crippen molar-refractivity contribution in [3.8, 4) is 0 Å². The number of anilines is 2. The number of nitrogens with zero attached hydrogens (tertiary/aromatic N) is 2. The van der Waals surface area contributed by atoms with Crippen LogP contribution >= 0.6 is 0 Å². The third-order valence-electron chi connectivity index (χ3n) is 5.05. The van der Waals surface area contributed by atoms with Gasteiger partial charge < -0.3 is 10.2 Å². The first-order valence-corrected chi connectivity index (χ1v) is 9.32. The van der Waals surface area contributed by atoms with Crippen LogP contribution in [0.25, 0.3) is 0 Å². The summed E-state index contributed by atoms with van der Waals surface area (Å²) in [7, 11) is 0. The predicted molar refractivity (Wildman–Crippen MR) is 108 cm³/mol. The Morgan fingerprint density at radius 1 is 1.03 bits per heavy atom. The lowest BCUT2D eigenvalue weighted by molar-refractivity contribution is -0.117. The Bertz CT molecular complexity index is 1040. The monoisotopic (exact) mass is 389 g/mol. The highest BCUT2D eigenvalue weighted by Crippen LogP contribution is 2.26. The van der Waals surface area contributed by atoms with E-state index in [2.05, 4.69) is 11.9 Å². The van der Waals surface area contributed by atoms with Crippen molar-refractivity contribution in [1.82, 2.24) is 4.90 Å². The minimum absolute atomic E-state index is 0.102. The largest absolute Gasteiger partial charge is 0.322 e. The molecule has 0 spiro atoms. The summed E-state index contributed by atoms with van der Waals surface area (Å²) in [5.74, 6) is -1.10. The average molecular weight is 389 g/mol. The predicted octanol–water partition coefficient (Wildman–Crippen LogP) is 2.85. The van der Waals surface area contributed by atoms with E-state index < -0.39 is 5.91 Å². The third-order valence-corrected chi connectivity index (χ3v) is 5.05. The number of amides is 4. The zero-order chi connectivity index (χ0) is 20.5. The van der Waals surface area contributed by atoms with Crippen LogP contribution in [0, 0.1) is 0 Å². The lowest BCUT2D eigenvalue weighted by atomic mass is 10.1. The number of carbonyl (C=O) groups is 4. The van der Waals surface area contributed by atoms with Gasteiger partial charge in [-0.1, -0.05) is 6.08 Å². The second kappa shape index (κ2) is 7.35. The van der Waals surface area contributed by atoms with Gasteiger partial charge in [0.15, 0.2) is 0 Å². The molecule has 1 N–H and O–H groups in total. The molecule has 2 aliphatic heterocycles. The van der Waals surface area contributed by atoms with Crippen LogP contribution in [-0.4, -0.2) is 41.6 Å². The van der Waals surface area contributed by atoms with Crippen LogP contribution in [0.15, 0.2) is 55.1 Å². The highest BCUT2D eigenvalue weighted by atomic mass is 16.2. The Balaban J connectivity index is 1.50. The maximum Gasteiger partial charge on any atom is 0.261 e.